The number of ether oxygens (including phenoxy) is 1. The van der Waals surface area contributed by atoms with E-state index in [-0.39, 0.29) is 23.0 Å². The van der Waals surface area contributed by atoms with Gasteiger partial charge in [0.1, 0.15) is 10.0 Å². The normalized spacial score (nSPS) is 22.0. The summed E-state index contributed by atoms with van der Waals surface area (Å²) in [6.45, 7) is 6.72. The van der Waals surface area contributed by atoms with Crippen molar-refractivity contribution < 1.29 is 17.9 Å². The maximum absolute atomic E-state index is 13.6. The van der Waals surface area contributed by atoms with Gasteiger partial charge in [0.2, 0.25) is 10.0 Å². The van der Waals surface area contributed by atoms with Gasteiger partial charge in [-0.15, -0.1) is 0 Å². The number of morpholine rings is 1. The Labute approximate surface area is 232 Å². The smallest absolute Gasteiger partial charge is 0.266 e. The zero-order valence-electron chi connectivity index (χ0n) is 21.3. The fourth-order valence-electron chi connectivity index (χ4n) is 4.62. The molecule has 0 radical (unpaired) electrons. The average Bonchev–Trinajstić information content (AvgIpc) is 3.44. The van der Waals surface area contributed by atoms with Crippen molar-refractivity contribution in [3.63, 3.8) is 0 Å². The number of hydrogen-bond acceptors (Lipinski definition) is 7. The number of hydrogen-bond donors (Lipinski definition) is 0. The van der Waals surface area contributed by atoms with Crippen LogP contribution in [0.2, 0.25) is 0 Å². The third-order valence-electron chi connectivity index (χ3n) is 6.37. The Kier molecular flexibility index (Phi) is 7.56. The van der Waals surface area contributed by atoms with E-state index in [4.69, 9.17) is 22.1 Å². The van der Waals surface area contributed by atoms with E-state index in [1.54, 1.807) is 33.9 Å². The van der Waals surface area contributed by atoms with Crippen molar-refractivity contribution in [2.75, 3.05) is 19.6 Å². The molecule has 2 saturated heterocycles. The van der Waals surface area contributed by atoms with Crippen molar-refractivity contribution in [2.45, 2.75) is 37.9 Å². The second kappa shape index (κ2) is 10.7. The molecule has 0 aliphatic carbocycles. The van der Waals surface area contributed by atoms with Crippen LogP contribution < -0.4 is 0 Å². The molecule has 3 heterocycles. The lowest BCUT2D eigenvalue weighted by atomic mass is 10.1. The maximum atomic E-state index is 13.6. The summed E-state index contributed by atoms with van der Waals surface area (Å²) in [4.78, 5) is 15.2. The first kappa shape index (κ1) is 26.8. The predicted molar refractivity (Wildman–Crippen MR) is 153 cm³/mol. The molecule has 2 aliphatic heterocycles. The predicted octanol–water partition coefficient (Wildman–Crippen LogP) is 4.56. The lowest BCUT2D eigenvalue weighted by Gasteiger charge is -2.34. The first-order chi connectivity index (χ1) is 18.2. The summed E-state index contributed by atoms with van der Waals surface area (Å²) >= 11 is 6.64. The molecule has 2 aromatic carbocycles. The van der Waals surface area contributed by atoms with E-state index < -0.39 is 10.0 Å². The number of benzene rings is 2. The average molecular weight is 569 g/mol. The lowest BCUT2D eigenvalue weighted by molar-refractivity contribution is -0.121. The molecule has 5 rings (SSSR count). The van der Waals surface area contributed by atoms with E-state index in [0.29, 0.717) is 45.7 Å². The highest BCUT2D eigenvalue weighted by Crippen LogP contribution is 2.35. The zero-order chi connectivity index (χ0) is 27.0. The molecule has 1 amide bonds. The van der Waals surface area contributed by atoms with Gasteiger partial charge >= 0.3 is 0 Å². The van der Waals surface area contributed by atoms with Gasteiger partial charge in [0.25, 0.3) is 5.91 Å². The zero-order valence-corrected chi connectivity index (χ0v) is 23.7. The maximum Gasteiger partial charge on any atom is 0.266 e. The van der Waals surface area contributed by atoms with Crippen LogP contribution in [-0.2, 0) is 19.6 Å². The van der Waals surface area contributed by atoms with Gasteiger partial charge in [-0.1, -0.05) is 54.3 Å². The number of thioether (sulfide) groups is 1. The number of nitrogens with zero attached hydrogens (tertiary/aromatic N) is 4. The van der Waals surface area contributed by atoms with E-state index in [0.717, 1.165) is 5.69 Å². The Bertz CT molecular complexity index is 1510. The molecule has 0 spiro atoms. The first-order valence-corrected chi connectivity index (χ1v) is 15.0. The van der Waals surface area contributed by atoms with Crippen molar-refractivity contribution in [3.05, 3.63) is 71.3 Å². The summed E-state index contributed by atoms with van der Waals surface area (Å²) in [7, 11) is -3.74. The number of aromatic nitrogens is 2. The third-order valence-corrected chi connectivity index (χ3v) is 9.58. The van der Waals surface area contributed by atoms with E-state index >= 15 is 0 Å². The van der Waals surface area contributed by atoms with Crippen LogP contribution in [-0.4, -0.2) is 69.5 Å². The number of likely N-dealkylation sites (N-methyl/N-ethyl adjacent to an activating group) is 1. The summed E-state index contributed by atoms with van der Waals surface area (Å²) in [5.74, 6) is -0.146. The molecule has 0 N–H and O–H groups in total. The molecule has 0 saturated carbocycles. The highest BCUT2D eigenvalue weighted by molar-refractivity contribution is 8.26. The van der Waals surface area contributed by atoms with Crippen LogP contribution in [0.1, 0.15) is 26.3 Å². The second-order valence-corrected chi connectivity index (χ2v) is 12.9. The number of carbonyl (C=O) groups excluding carboxylic acids is 1. The van der Waals surface area contributed by atoms with E-state index in [1.165, 1.54) is 16.1 Å². The summed E-state index contributed by atoms with van der Waals surface area (Å²) < 4.78 is 36.6. The van der Waals surface area contributed by atoms with E-state index in [1.807, 2.05) is 63.4 Å². The lowest BCUT2D eigenvalue weighted by Crippen LogP contribution is -2.48. The second-order valence-electron chi connectivity index (χ2n) is 9.25. The fourth-order valence-corrected chi connectivity index (χ4v) is 7.64. The molecular formula is C27H28N4O4S3. The number of carbonyl (C=O) groups is 1. The van der Waals surface area contributed by atoms with Gasteiger partial charge in [-0.05, 0) is 51.1 Å². The van der Waals surface area contributed by atoms with Gasteiger partial charge in [0, 0.05) is 37.0 Å². The Hall–Kier alpha value is -2.83. The van der Waals surface area contributed by atoms with Crippen LogP contribution >= 0.6 is 24.0 Å². The van der Waals surface area contributed by atoms with Crippen molar-refractivity contribution in [2.24, 2.45) is 0 Å². The Morgan fingerprint density at radius 2 is 1.82 bits per heavy atom. The summed E-state index contributed by atoms with van der Waals surface area (Å²) in [5.41, 5.74) is 2.73. The minimum atomic E-state index is -3.74. The SMILES string of the molecule is CCN1C(=O)C(=Cc2cn(-c3ccccc3)nc2-c2cccc(S(=O)(=O)N3CC(C)OC(C)C3)c2)SC1=S. The Balaban J connectivity index is 1.58. The number of thiocarbonyl (C=S) groups is 1. The summed E-state index contributed by atoms with van der Waals surface area (Å²) in [5, 5.41) is 4.81. The van der Waals surface area contributed by atoms with Gasteiger partial charge in [0.15, 0.2) is 0 Å². The number of amides is 1. The molecule has 2 aliphatic rings. The molecule has 2 unspecified atom stereocenters. The van der Waals surface area contributed by atoms with Gasteiger partial charge in [0.05, 0.1) is 27.7 Å². The van der Waals surface area contributed by atoms with Crippen LogP contribution in [0.15, 0.2) is 70.6 Å². The molecule has 8 nitrogen and oxygen atoms in total. The van der Waals surface area contributed by atoms with Crippen molar-refractivity contribution in [1.82, 2.24) is 19.0 Å². The standard InChI is InChI=1S/C27H28N4O4S3/c1-4-30-26(32)24(37-27(30)36)14-21-17-31(22-10-6-5-7-11-22)28-25(21)20-9-8-12-23(13-20)38(33,34)29-15-18(2)35-19(3)16-29/h5-14,17-19H,4,15-16H2,1-3H3. The summed E-state index contributed by atoms with van der Waals surface area (Å²) in [6, 6.07) is 16.4. The Morgan fingerprint density at radius 1 is 1.11 bits per heavy atom. The third kappa shape index (κ3) is 5.21. The van der Waals surface area contributed by atoms with Gasteiger partial charge in [-0.2, -0.15) is 9.40 Å². The highest BCUT2D eigenvalue weighted by atomic mass is 32.2. The quantitative estimate of drug-likeness (QED) is 0.318. The largest absolute Gasteiger partial charge is 0.373 e. The van der Waals surface area contributed by atoms with Gasteiger partial charge < -0.3 is 4.74 Å². The molecule has 2 fully saturated rings. The monoisotopic (exact) mass is 568 g/mol. The molecule has 2 atom stereocenters. The van der Waals surface area contributed by atoms with Crippen molar-refractivity contribution >= 4 is 50.3 Å². The molecule has 11 heteroatoms. The van der Waals surface area contributed by atoms with Crippen LogP contribution in [0.3, 0.4) is 0 Å². The molecule has 198 valence electrons. The van der Waals surface area contributed by atoms with Crippen LogP contribution in [0.4, 0.5) is 0 Å². The molecule has 0 bridgehead atoms. The molecule has 1 aromatic heterocycles. The van der Waals surface area contributed by atoms with E-state index in [9.17, 15) is 13.2 Å². The first-order valence-electron chi connectivity index (χ1n) is 12.3. The van der Waals surface area contributed by atoms with Crippen LogP contribution in [0.25, 0.3) is 23.0 Å². The van der Waals surface area contributed by atoms with Crippen molar-refractivity contribution in [1.29, 1.82) is 0 Å². The van der Waals surface area contributed by atoms with Gasteiger partial charge in [-0.25, -0.2) is 13.1 Å². The molecular weight excluding hydrogens is 541 g/mol. The van der Waals surface area contributed by atoms with Crippen LogP contribution in [0, 0.1) is 0 Å². The van der Waals surface area contributed by atoms with Gasteiger partial charge in [-0.3, -0.25) is 9.69 Å². The van der Waals surface area contributed by atoms with Crippen LogP contribution in [0.5, 0.6) is 0 Å². The number of para-hydroxylation sites is 1. The minimum absolute atomic E-state index is 0.146. The summed E-state index contributed by atoms with van der Waals surface area (Å²) in [6.07, 6.45) is 3.25. The Morgan fingerprint density at radius 3 is 2.47 bits per heavy atom. The molecule has 38 heavy (non-hydrogen) atoms. The van der Waals surface area contributed by atoms with Crippen molar-refractivity contribution in [3.8, 4) is 16.9 Å². The number of sulfonamides is 1. The highest BCUT2D eigenvalue weighted by Gasteiger charge is 2.33. The topological polar surface area (TPSA) is 84.7 Å². The fraction of sp³-hybridized carbons (Fsp3) is 0.296. The van der Waals surface area contributed by atoms with E-state index in [2.05, 4.69) is 0 Å². The molecule has 3 aromatic rings. The minimum Gasteiger partial charge on any atom is -0.373 e. The number of rotatable bonds is 6.